The van der Waals surface area contributed by atoms with Crippen LogP contribution in [0.4, 0.5) is 0 Å². The minimum absolute atomic E-state index is 0.363. The Kier molecular flexibility index (Phi) is 4.00. The van der Waals surface area contributed by atoms with Gasteiger partial charge in [0.25, 0.3) is 0 Å². The van der Waals surface area contributed by atoms with Crippen LogP contribution in [0.3, 0.4) is 0 Å². The molecule has 2 nitrogen and oxygen atoms in total. The van der Waals surface area contributed by atoms with Gasteiger partial charge in [0.2, 0.25) is 0 Å². The normalized spacial score (nSPS) is 22.3. The summed E-state index contributed by atoms with van der Waals surface area (Å²) >= 11 is 3.55. The van der Waals surface area contributed by atoms with E-state index in [1.54, 1.807) is 0 Å². The summed E-state index contributed by atoms with van der Waals surface area (Å²) in [7, 11) is 0. The monoisotopic (exact) mass is 282 g/mol. The second-order valence-electron chi connectivity index (χ2n) is 4.77. The molecule has 0 saturated carbocycles. The molecule has 16 heavy (non-hydrogen) atoms. The van der Waals surface area contributed by atoms with Crippen molar-refractivity contribution in [3.8, 4) is 0 Å². The van der Waals surface area contributed by atoms with E-state index >= 15 is 0 Å². The van der Waals surface area contributed by atoms with Crippen molar-refractivity contribution in [1.29, 1.82) is 0 Å². The first-order valence-electron chi connectivity index (χ1n) is 5.87. The van der Waals surface area contributed by atoms with E-state index in [0.717, 1.165) is 13.1 Å². The first-order chi connectivity index (χ1) is 7.63. The van der Waals surface area contributed by atoms with E-state index in [-0.39, 0.29) is 0 Å². The fraction of sp³-hybridized carbons (Fsp3) is 0.538. The van der Waals surface area contributed by atoms with Crippen molar-refractivity contribution in [1.82, 2.24) is 4.90 Å². The molecule has 1 fully saturated rings. The molecule has 0 spiro atoms. The zero-order chi connectivity index (χ0) is 11.5. The van der Waals surface area contributed by atoms with Crippen molar-refractivity contribution in [2.75, 3.05) is 13.1 Å². The molecule has 0 radical (unpaired) electrons. The van der Waals surface area contributed by atoms with Gasteiger partial charge in [0.05, 0.1) is 0 Å². The van der Waals surface area contributed by atoms with E-state index in [2.05, 4.69) is 46.0 Å². The lowest BCUT2D eigenvalue weighted by Crippen LogP contribution is -2.42. The quantitative estimate of drug-likeness (QED) is 0.904. The number of halogens is 1. The van der Waals surface area contributed by atoms with Crippen LogP contribution in [0.5, 0.6) is 0 Å². The van der Waals surface area contributed by atoms with Gasteiger partial charge in [0.15, 0.2) is 0 Å². The molecule has 1 unspecified atom stereocenters. The molecule has 3 heteroatoms. The Labute approximate surface area is 106 Å². The Morgan fingerprint density at radius 2 is 2.25 bits per heavy atom. The number of rotatable bonds is 2. The number of nitrogens with two attached hydrogens (primary N) is 1. The third-order valence-corrected chi connectivity index (χ3v) is 3.51. The molecule has 1 aromatic carbocycles. The van der Waals surface area contributed by atoms with Crippen molar-refractivity contribution in [2.45, 2.75) is 32.4 Å². The van der Waals surface area contributed by atoms with Crippen LogP contribution >= 0.6 is 15.9 Å². The van der Waals surface area contributed by atoms with Gasteiger partial charge in [-0.25, -0.2) is 0 Å². The Bertz CT molecular complexity index is 345. The number of piperidine rings is 1. The maximum Gasteiger partial charge on any atom is 0.0234 e. The van der Waals surface area contributed by atoms with Crippen molar-refractivity contribution in [3.05, 3.63) is 33.8 Å². The Balaban J connectivity index is 2.02. The van der Waals surface area contributed by atoms with Gasteiger partial charge in [-0.05, 0) is 49.6 Å². The minimum atomic E-state index is 0.363. The van der Waals surface area contributed by atoms with Crippen LogP contribution in [0.2, 0.25) is 0 Å². The maximum atomic E-state index is 5.99. The number of benzene rings is 1. The smallest absolute Gasteiger partial charge is 0.0234 e. The van der Waals surface area contributed by atoms with Gasteiger partial charge in [0.1, 0.15) is 0 Å². The number of hydrogen-bond acceptors (Lipinski definition) is 2. The standard InChI is InChI=1S/C13H19BrN2/c1-10-5-11(7-12(14)6-10)8-16-4-2-3-13(15)9-16/h5-7,13H,2-4,8-9,15H2,1H3. The molecule has 1 atom stereocenters. The van der Waals surface area contributed by atoms with Crippen molar-refractivity contribution in [3.63, 3.8) is 0 Å². The number of hydrogen-bond donors (Lipinski definition) is 1. The molecule has 0 bridgehead atoms. The topological polar surface area (TPSA) is 29.3 Å². The van der Waals surface area contributed by atoms with Crippen LogP contribution in [-0.2, 0) is 6.54 Å². The van der Waals surface area contributed by atoms with Crippen molar-refractivity contribution >= 4 is 15.9 Å². The van der Waals surface area contributed by atoms with E-state index in [0.29, 0.717) is 6.04 Å². The van der Waals surface area contributed by atoms with Crippen molar-refractivity contribution in [2.24, 2.45) is 5.73 Å². The van der Waals surface area contributed by atoms with Gasteiger partial charge >= 0.3 is 0 Å². The average molecular weight is 283 g/mol. The largest absolute Gasteiger partial charge is 0.327 e. The molecule has 1 heterocycles. The van der Waals surface area contributed by atoms with E-state index in [1.807, 2.05) is 0 Å². The fourth-order valence-electron chi connectivity index (χ4n) is 2.40. The maximum absolute atomic E-state index is 5.99. The molecule has 0 aliphatic carbocycles. The van der Waals surface area contributed by atoms with Crippen LogP contribution in [-0.4, -0.2) is 24.0 Å². The second-order valence-corrected chi connectivity index (χ2v) is 5.69. The summed E-state index contributed by atoms with van der Waals surface area (Å²) in [5, 5.41) is 0. The lowest BCUT2D eigenvalue weighted by Gasteiger charge is -2.30. The summed E-state index contributed by atoms with van der Waals surface area (Å²) in [6, 6.07) is 6.96. The molecule has 1 aliphatic rings. The Morgan fingerprint density at radius 1 is 1.44 bits per heavy atom. The van der Waals surface area contributed by atoms with Gasteiger partial charge < -0.3 is 5.73 Å². The molecule has 0 amide bonds. The second kappa shape index (κ2) is 5.30. The summed E-state index contributed by atoms with van der Waals surface area (Å²) in [6.45, 7) is 5.37. The third-order valence-electron chi connectivity index (χ3n) is 3.05. The summed E-state index contributed by atoms with van der Waals surface area (Å²) < 4.78 is 1.17. The van der Waals surface area contributed by atoms with Gasteiger partial charge in [-0.2, -0.15) is 0 Å². The van der Waals surface area contributed by atoms with Crippen LogP contribution in [0.25, 0.3) is 0 Å². The molecular formula is C13H19BrN2. The Morgan fingerprint density at radius 3 is 2.94 bits per heavy atom. The molecule has 1 aromatic rings. The predicted molar refractivity (Wildman–Crippen MR) is 71.4 cm³/mol. The van der Waals surface area contributed by atoms with E-state index < -0.39 is 0 Å². The highest BCUT2D eigenvalue weighted by Gasteiger charge is 2.16. The third kappa shape index (κ3) is 3.30. The molecular weight excluding hydrogens is 264 g/mol. The molecule has 2 N–H and O–H groups in total. The van der Waals surface area contributed by atoms with Crippen LogP contribution in [0.15, 0.2) is 22.7 Å². The van der Waals surface area contributed by atoms with Gasteiger partial charge in [-0.3, -0.25) is 4.90 Å². The highest BCUT2D eigenvalue weighted by atomic mass is 79.9. The van der Waals surface area contributed by atoms with E-state index in [4.69, 9.17) is 5.73 Å². The van der Waals surface area contributed by atoms with E-state index in [1.165, 1.54) is 35.0 Å². The first kappa shape index (κ1) is 12.1. The molecule has 1 saturated heterocycles. The highest BCUT2D eigenvalue weighted by molar-refractivity contribution is 9.10. The van der Waals surface area contributed by atoms with E-state index in [9.17, 15) is 0 Å². The number of likely N-dealkylation sites (tertiary alicyclic amines) is 1. The number of nitrogens with zero attached hydrogens (tertiary/aromatic N) is 1. The number of aryl methyl sites for hydroxylation is 1. The summed E-state index contributed by atoms with van der Waals surface area (Å²) in [6.07, 6.45) is 2.40. The minimum Gasteiger partial charge on any atom is -0.327 e. The van der Waals surface area contributed by atoms with Gasteiger partial charge in [-0.1, -0.05) is 22.0 Å². The Hall–Kier alpha value is -0.380. The average Bonchev–Trinajstić information content (AvgIpc) is 2.15. The summed E-state index contributed by atoms with van der Waals surface area (Å²) in [5.74, 6) is 0. The lowest BCUT2D eigenvalue weighted by molar-refractivity contribution is 0.201. The highest BCUT2D eigenvalue weighted by Crippen LogP contribution is 2.18. The molecule has 88 valence electrons. The van der Waals surface area contributed by atoms with Crippen LogP contribution in [0.1, 0.15) is 24.0 Å². The van der Waals surface area contributed by atoms with Gasteiger partial charge in [0, 0.05) is 23.6 Å². The zero-order valence-corrected chi connectivity index (χ0v) is 11.3. The molecule has 2 rings (SSSR count). The molecule has 0 aromatic heterocycles. The zero-order valence-electron chi connectivity index (χ0n) is 9.75. The van der Waals surface area contributed by atoms with Crippen LogP contribution < -0.4 is 5.73 Å². The van der Waals surface area contributed by atoms with Crippen LogP contribution in [0, 0.1) is 6.92 Å². The fourth-order valence-corrected chi connectivity index (χ4v) is 3.05. The van der Waals surface area contributed by atoms with Gasteiger partial charge in [-0.15, -0.1) is 0 Å². The van der Waals surface area contributed by atoms with Crippen molar-refractivity contribution < 1.29 is 0 Å². The molecule has 1 aliphatic heterocycles. The predicted octanol–water partition coefficient (Wildman–Crippen LogP) is 2.68. The summed E-state index contributed by atoms with van der Waals surface area (Å²) in [4.78, 5) is 2.45. The summed E-state index contributed by atoms with van der Waals surface area (Å²) in [5.41, 5.74) is 8.67. The lowest BCUT2D eigenvalue weighted by atomic mass is 10.1. The first-order valence-corrected chi connectivity index (χ1v) is 6.67. The SMILES string of the molecule is Cc1cc(Br)cc(CN2CCCC(N)C2)c1.